The van der Waals surface area contributed by atoms with Crippen molar-refractivity contribution in [1.82, 2.24) is 10.3 Å². The van der Waals surface area contributed by atoms with Crippen LogP contribution in [0.5, 0.6) is 0 Å². The van der Waals surface area contributed by atoms with Crippen LogP contribution in [0.15, 0.2) is 36.4 Å². The van der Waals surface area contributed by atoms with Gasteiger partial charge in [-0.05, 0) is 29.7 Å². The van der Waals surface area contributed by atoms with Gasteiger partial charge in [0.25, 0.3) is 5.91 Å². The van der Waals surface area contributed by atoms with Crippen molar-refractivity contribution in [3.8, 4) is 0 Å². The average Bonchev–Trinajstić information content (AvgIpc) is 3.32. The molecule has 4 N–H and O–H groups in total. The number of amides is 1. The number of carbonyl (C=O) groups excluding carboxylic acids is 1. The second-order valence-corrected chi connectivity index (χ2v) is 11.4. The number of benzene rings is 1. The van der Waals surface area contributed by atoms with Crippen LogP contribution in [0.1, 0.15) is 27.5 Å². The number of aliphatic hydroxyl groups is 2. The molecule has 1 aliphatic carbocycles. The van der Waals surface area contributed by atoms with Gasteiger partial charge in [0.1, 0.15) is 10.5 Å². The van der Waals surface area contributed by atoms with Gasteiger partial charge in [0.05, 0.1) is 28.6 Å². The molecule has 0 saturated carbocycles. The summed E-state index contributed by atoms with van der Waals surface area (Å²) in [5, 5.41) is 22.4. The van der Waals surface area contributed by atoms with Crippen molar-refractivity contribution in [2.45, 2.75) is 24.5 Å². The van der Waals surface area contributed by atoms with Gasteiger partial charge in [-0.25, -0.2) is 8.42 Å². The molecule has 0 unspecified atom stereocenters. The average molecular weight is 469 g/mol. The quantitative estimate of drug-likeness (QED) is 0.423. The molecule has 1 aliphatic rings. The molecule has 2 aromatic heterocycles. The monoisotopic (exact) mass is 468 g/mol. The van der Waals surface area contributed by atoms with Gasteiger partial charge in [-0.15, -0.1) is 11.3 Å². The van der Waals surface area contributed by atoms with E-state index in [1.54, 1.807) is 12.1 Å². The Morgan fingerprint density at radius 3 is 2.83 bits per heavy atom. The van der Waals surface area contributed by atoms with E-state index in [0.717, 1.165) is 21.3 Å². The van der Waals surface area contributed by atoms with Crippen molar-refractivity contribution >= 4 is 48.9 Å². The summed E-state index contributed by atoms with van der Waals surface area (Å²) in [4.78, 5) is 16.7. The van der Waals surface area contributed by atoms with Crippen LogP contribution in [0.4, 0.5) is 0 Å². The molecule has 0 saturated heterocycles. The lowest BCUT2D eigenvalue weighted by molar-refractivity contribution is 0.0930. The van der Waals surface area contributed by atoms with Crippen molar-refractivity contribution in [2.75, 3.05) is 18.1 Å². The molecule has 2 heterocycles. The number of H-pyrrole nitrogens is 1. The number of aromatic nitrogens is 1. The first-order valence-corrected chi connectivity index (χ1v) is 12.4. The molecule has 0 bridgehead atoms. The fraction of sp³-hybridized carbons (Fsp3) is 0.350. The molecule has 3 atom stereocenters. The maximum Gasteiger partial charge on any atom is 0.268 e. The highest BCUT2D eigenvalue weighted by Crippen LogP contribution is 2.35. The molecular formula is C20H21ClN2O5S2. The fourth-order valence-corrected chi connectivity index (χ4v) is 6.90. The zero-order chi connectivity index (χ0) is 21.5. The van der Waals surface area contributed by atoms with Crippen LogP contribution in [0.3, 0.4) is 0 Å². The van der Waals surface area contributed by atoms with Crippen LogP contribution in [-0.4, -0.2) is 59.8 Å². The van der Waals surface area contributed by atoms with Crippen LogP contribution in [0.2, 0.25) is 4.34 Å². The molecule has 3 aromatic rings. The molecule has 4 rings (SSSR count). The lowest BCUT2D eigenvalue weighted by Gasteiger charge is -2.22. The van der Waals surface area contributed by atoms with E-state index in [0.29, 0.717) is 16.5 Å². The first kappa shape index (κ1) is 21.3. The maximum atomic E-state index is 12.8. The molecule has 0 fully saturated rings. The second-order valence-electron chi connectivity index (χ2n) is 7.52. The van der Waals surface area contributed by atoms with E-state index in [1.165, 1.54) is 11.3 Å². The lowest BCUT2D eigenvalue weighted by atomic mass is 10.0. The smallest absolute Gasteiger partial charge is 0.268 e. The topological polar surface area (TPSA) is 119 Å². The number of carbonyl (C=O) groups is 1. The summed E-state index contributed by atoms with van der Waals surface area (Å²) in [6, 6.07) is 10.6. The van der Waals surface area contributed by atoms with Gasteiger partial charge in [0.2, 0.25) is 0 Å². The van der Waals surface area contributed by atoms with Gasteiger partial charge >= 0.3 is 0 Å². The highest BCUT2D eigenvalue weighted by Gasteiger charge is 2.37. The van der Waals surface area contributed by atoms with Crippen molar-refractivity contribution in [3.05, 3.63) is 57.6 Å². The number of halogens is 1. The van der Waals surface area contributed by atoms with E-state index < -0.39 is 40.3 Å². The van der Waals surface area contributed by atoms with E-state index in [2.05, 4.69) is 10.3 Å². The van der Waals surface area contributed by atoms with E-state index in [9.17, 15) is 18.3 Å². The van der Waals surface area contributed by atoms with Crippen LogP contribution < -0.4 is 5.32 Å². The van der Waals surface area contributed by atoms with Gasteiger partial charge < -0.3 is 20.5 Å². The van der Waals surface area contributed by atoms with Gasteiger partial charge in [0, 0.05) is 17.3 Å². The van der Waals surface area contributed by atoms with E-state index in [1.807, 2.05) is 24.3 Å². The van der Waals surface area contributed by atoms with Crippen molar-refractivity contribution in [3.63, 3.8) is 0 Å². The third-order valence-corrected chi connectivity index (χ3v) is 8.27. The van der Waals surface area contributed by atoms with E-state index in [-0.39, 0.29) is 11.7 Å². The Morgan fingerprint density at radius 1 is 1.33 bits per heavy atom. The van der Waals surface area contributed by atoms with Gasteiger partial charge in [0.15, 0.2) is 9.84 Å². The van der Waals surface area contributed by atoms with Crippen molar-refractivity contribution in [2.24, 2.45) is 0 Å². The summed E-state index contributed by atoms with van der Waals surface area (Å²) in [5.41, 5.74) is 2.26. The number of thiophene rings is 1. The first-order valence-electron chi connectivity index (χ1n) is 9.42. The Hall–Kier alpha value is -1.91. The number of nitrogens with one attached hydrogen (secondary N) is 2. The molecule has 30 heavy (non-hydrogen) atoms. The first-order chi connectivity index (χ1) is 14.3. The molecule has 10 heteroatoms. The molecular weight excluding hydrogens is 448 g/mol. The second kappa shape index (κ2) is 8.32. The zero-order valence-electron chi connectivity index (χ0n) is 15.8. The van der Waals surface area contributed by atoms with Gasteiger partial charge in [-0.3, -0.25) is 4.79 Å². The minimum Gasteiger partial charge on any atom is -0.394 e. The lowest BCUT2D eigenvalue weighted by Crippen LogP contribution is -2.41. The number of sulfone groups is 1. The normalized spacial score (nSPS) is 19.7. The maximum absolute atomic E-state index is 12.8. The molecule has 0 spiro atoms. The van der Waals surface area contributed by atoms with Gasteiger partial charge in [-0.1, -0.05) is 35.9 Å². The SMILES string of the molecule is O=C(N[C@@H]1Cc2ccccc2[C@H]1CS(=O)(=O)C[C@@H](O)CO)c1cc2cc(Cl)sc2[nH]1. The summed E-state index contributed by atoms with van der Waals surface area (Å²) in [6.45, 7) is -0.616. The molecule has 160 valence electrons. The summed E-state index contributed by atoms with van der Waals surface area (Å²) in [6.07, 6.45) is -0.802. The summed E-state index contributed by atoms with van der Waals surface area (Å²) in [5.74, 6) is -1.49. The van der Waals surface area contributed by atoms with Crippen LogP contribution in [0, 0.1) is 0 Å². The van der Waals surface area contributed by atoms with Crippen LogP contribution >= 0.6 is 22.9 Å². The Morgan fingerprint density at radius 2 is 2.10 bits per heavy atom. The van der Waals surface area contributed by atoms with Crippen molar-refractivity contribution < 1.29 is 23.4 Å². The largest absolute Gasteiger partial charge is 0.394 e. The minimum atomic E-state index is -3.65. The summed E-state index contributed by atoms with van der Waals surface area (Å²) < 4.78 is 25.8. The number of fused-ring (bicyclic) bond motifs is 2. The predicted molar refractivity (Wildman–Crippen MR) is 117 cm³/mol. The molecule has 7 nitrogen and oxygen atoms in total. The Bertz CT molecular complexity index is 1160. The standard InChI is InChI=1S/C20H21ClN2O5S2/c21-18-7-12-6-17(23-20(12)29-18)19(26)22-16-5-11-3-1-2-4-14(11)15(16)10-30(27,28)9-13(25)8-24/h1-4,6-7,13,15-16,23-25H,5,8-10H2,(H,22,26)/t13-,15+,16+/m0/s1. The van der Waals surface area contributed by atoms with Crippen LogP contribution in [0.25, 0.3) is 10.2 Å². The Balaban J connectivity index is 1.56. The number of rotatable bonds is 7. The third-order valence-electron chi connectivity index (χ3n) is 5.31. The Kier molecular flexibility index (Phi) is 5.91. The fourth-order valence-electron chi connectivity index (χ4n) is 3.98. The van der Waals surface area contributed by atoms with Crippen LogP contribution in [-0.2, 0) is 16.3 Å². The number of aliphatic hydroxyl groups excluding tert-OH is 2. The van der Waals surface area contributed by atoms with Crippen molar-refractivity contribution in [1.29, 1.82) is 0 Å². The number of hydrogen-bond donors (Lipinski definition) is 4. The molecule has 1 amide bonds. The van der Waals surface area contributed by atoms with E-state index >= 15 is 0 Å². The summed E-state index contributed by atoms with van der Waals surface area (Å²) >= 11 is 7.33. The highest BCUT2D eigenvalue weighted by atomic mass is 35.5. The third kappa shape index (κ3) is 4.40. The number of hydrogen-bond acceptors (Lipinski definition) is 6. The van der Waals surface area contributed by atoms with E-state index in [4.69, 9.17) is 16.7 Å². The minimum absolute atomic E-state index is 0.221. The molecule has 0 radical (unpaired) electrons. The number of aromatic amines is 1. The zero-order valence-corrected chi connectivity index (χ0v) is 18.2. The summed E-state index contributed by atoms with van der Waals surface area (Å²) in [7, 11) is -3.65. The highest BCUT2D eigenvalue weighted by molar-refractivity contribution is 7.91. The molecule has 1 aromatic carbocycles. The predicted octanol–water partition coefficient (Wildman–Crippen LogP) is 2.09. The Labute approximate surface area is 182 Å². The molecule has 0 aliphatic heterocycles. The van der Waals surface area contributed by atoms with Gasteiger partial charge in [-0.2, -0.15) is 0 Å².